The van der Waals surface area contributed by atoms with Crippen LogP contribution < -0.4 is 4.72 Å². The van der Waals surface area contributed by atoms with Crippen molar-refractivity contribution >= 4 is 44.6 Å². The molecule has 0 aromatic carbocycles. The van der Waals surface area contributed by atoms with Crippen LogP contribution in [0, 0.1) is 0 Å². The molecule has 0 aliphatic rings. The Morgan fingerprint density at radius 2 is 2.20 bits per heavy atom. The molecule has 0 bridgehead atoms. The molecule has 1 rings (SSSR count). The van der Waals surface area contributed by atoms with E-state index in [0.29, 0.717) is 4.34 Å². The molecule has 0 unspecified atom stereocenters. The van der Waals surface area contributed by atoms with Gasteiger partial charge in [-0.15, -0.1) is 11.3 Å². The van der Waals surface area contributed by atoms with E-state index in [1.165, 1.54) is 13.2 Å². The van der Waals surface area contributed by atoms with Crippen molar-refractivity contribution in [2.24, 2.45) is 0 Å². The third kappa shape index (κ3) is 3.37. The molecular formula is C7H8ClNO4S2. The van der Waals surface area contributed by atoms with Crippen molar-refractivity contribution in [2.45, 2.75) is 0 Å². The lowest BCUT2D eigenvalue weighted by molar-refractivity contribution is 0.0607. The van der Waals surface area contributed by atoms with Gasteiger partial charge in [0.05, 0.1) is 23.4 Å². The van der Waals surface area contributed by atoms with Crippen LogP contribution in [0.4, 0.5) is 5.69 Å². The van der Waals surface area contributed by atoms with Gasteiger partial charge in [-0.1, -0.05) is 11.6 Å². The SMILES string of the molecule is COC(=O)c1sc(Cl)cc1NS(C)(=O)=O. The first-order valence-electron chi connectivity index (χ1n) is 3.69. The van der Waals surface area contributed by atoms with E-state index in [0.717, 1.165) is 17.6 Å². The Balaban J connectivity index is 3.12. The molecule has 0 amide bonds. The number of rotatable bonds is 3. The molecule has 0 atom stereocenters. The van der Waals surface area contributed by atoms with Gasteiger partial charge in [-0.25, -0.2) is 13.2 Å². The summed E-state index contributed by atoms with van der Waals surface area (Å²) < 4.78 is 28.9. The van der Waals surface area contributed by atoms with E-state index in [9.17, 15) is 13.2 Å². The quantitative estimate of drug-likeness (QED) is 0.845. The largest absolute Gasteiger partial charge is 0.465 e. The predicted molar refractivity (Wildman–Crippen MR) is 59.1 cm³/mol. The Morgan fingerprint density at radius 1 is 1.60 bits per heavy atom. The summed E-state index contributed by atoms with van der Waals surface area (Å²) in [5.41, 5.74) is 0.138. The van der Waals surface area contributed by atoms with Crippen molar-refractivity contribution in [2.75, 3.05) is 18.1 Å². The van der Waals surface area contributed by atoms with Gasteiger partial charge in [0.1, 0.15) is 4.88 Å². The van der Waals surface area contributed by atoms with Gasteiger partial charge in [-0.05, 0) is 6.07 Å². The van der Waals surface area contributed by atoms with Gasteiger partial charge in [0.25, 0.3) is 0 Å². The van der Waals surface area contributed by atoms with Gasteiger partial charge >= 0.3 is 5.97 Å². The van der Waals surface area contributed by atoms with Gasteiger partial charge in [-0.3, -0.25) is 4.72 Å². The number of ether oxygens (including phenoxy) is 1. The van der Waals surface area contributed by atoms with E-state index >= 15 is 0 Å². The van der Waals surface area contributed by atoms with E-state index in [2.05, 4.69) is 9.46 Å². The average Bonchev–Trinajstić information content (AvgIpc) is 2.42. The Hall–Kier alpha value is -0.790. The number of anilines is 1. The van der Waals surface area contributed by atoms with E-state index in [1.807, 2.05) is 0 Å². The second-order valence-corrected chi connectivity index (χ2v) is 6.09. The summed E-state index contributed by atoms with van der Waals surface area (Å²) in [5, 5.41) is 0. The maximum absolute atomic E-state index is 11.2. The lowest BCUT2D eigenvalue weighted by Gasteiger charge is -2.02. The summed E-state index contributed by atoms with van der Waals surface area (Å²) in [4.78, 5) is 11.4. The molecule has 0 saturated carbocycles. The van der Waals surface area contributed by atoms with Crippen molar-refractivity contribution < 1.29 is 17.9 Å². The van der Waals surface area contributed by atoms with Crippen molar-refractivity contribution in [3.63, 3.8) is 0 Å². The molecule has 0 aliphatic heterocycles. The van der Waals surface area contributed by atoms with E-state index < -0.39 is 16.0 Å². The summed E-state index contributed by atoms with van der Waals surface area (Å²) in [5.74, 6) is -0.627. The lowest BCUT2D eigenvalue weighted by Crippen LogP contribution is -2.12. The van der Waals surface area contributed by atoms with Gasteiger partial charge in [0.2, 0.25) is 10.0 Å². The first-order valence-corrected chi connectivity index (χ1v) is 6.77. The highest BCUT2D eigenvalue weighted by atomic mass is 35.5. The smallest absolute Gasteiger partial charge is 0.350 e. The van der Waals surface area contributed by atoms with Crippen LogP contribution in [-0.4, -0.2) is 27.8 Å². The maximum atomic E-state index is 11.2. The molecule has 0 aliphatic carbocycles. The molecule has 15 heavy (non-hydrogen) atoms. The highest BCUT2D eigenvalue weighted by Crippen LogP contribution is 2.31. The van der Waals surface area contributed by atoms with Crippen LogP contribution in [0.15, 0.2) is 6.07 Å². The van der Waals surface area contributed by atoms with Crippen molar-refractivity contribution in [1.82, 2.24) is 0 Å². The van der Waals surface area contributed by atoms with Gasteiger partial charge in [-0.2, -0.15) is 0 Å². The number of esters is 1. The normalized spacial score (nSPS) is 11.1. The molecule has 0 spiro atoms. The highest BCUT2D eigenvalue weighted by Gasteiger charge is 2.18. The topological polar surface area (TPSA) is 72.5 Å². The fourth-order valence-electron chi connectivity index (χ4n) is 0.881. The summed E-state index contributed by atoms with van der Waals surface area (Å²) in [6.45, 7) is 0. The monoisotopic (exact) mass is 269 g/mol. The number of halogens is 1. The number of carbonyl (C=O) groups excluding carboxylic acids is 1. The van der Waals surface area contributed by atoms with Crippen molar-refractivity contribution in [3.8, 4) is 0 Å². The minimum Gasteiger partial charge on any atom is -0.465 e. The zero-order chi connectivity index (χ0) is 11.6. The third-order valence-corrected chi connectivity index (χ3v) is 3.20. The molecule has 1 aromatic rings. The van der Waals surface area contributed by atoms with Gasteiger partial charge < -0.3 is 4.74 Å². The van der Waals surface area contributed by atoms with Crippen molar-refractivity contribution in [1.29, 1.82) is 0 Å². The Bertz CT molecular complexity index is 479. The number of hydrogen-bond acceptors (Lipinski definition) is 5. The van der Waals surface area contributed by atoms with E-state index in [1.54, 1.807) is 0 Å². The van der Waals surface area contributed by atoms with E-state index in [-0.39, 0.29) is 10.6 Å². The van der Waals surface area contributed by atoms with Crippen LogP contribution in [0.5, 0.6) is 0 Å². The molecule has 0 radical (unpaired) electrons. The van der Waals surface area contributed by atoms with Crippen molar-refractivity contribution in [3.05, 3.63) is 15.3 Å². The molecule has 8 heteroatoms. The van der Waals surface area contributed by atoms with Crippen LogP contribution in [0.3, 0.4) is 0 Å². The van der Waals surface area contributed by atoms with Crippen LogP contribution in [0.25, 0.3) is 0 Å². The fraction of sp³-hybridized carbons (Fsp3) is 0.286. The fourth-order valence-corrected chi connectivity index (χ4v) is 2.60. The first-order chi connectivity index (χ1) is 6.83. The molecule has 84 valence electrons. The Morgan fingerprint density at radius 3 is 2.67 bits per heavy atom. The maximum Gasteiger partial charge on any atom is 0.350 e. The first kappa shape index (κ1) is 12.3. The highest BCUT2D eigenvalue weighted by molar-refractivity contribution is 7.92. The average molecular weight is 270 g/mol. The van der Waals surface area contributed by atoms with E-state index in [4.69, 9.17) is 11.6 Å². The minimum atomic E-state index is -3.44. The molecule has 1 N–H and O–H groups in total. The summed E-state index contributed by atoms with van der Waals surface area (Å²) >= 11 is 6.62. The number of methoxy groups -OCH3 is 1. The second kappa shape index (κ2) is 4.38. The van der Waals surface area contributed by atoms with Crippen LogP contribution in [0.2, 0.25) is 4.34 Å². The molecule has 0 fully saturated rings. The Labute approximate surface area is 96.1 Å². The standard InChI is InChI=1S/C7H8ClNO4S2/c1-13-7(10)6-4(3-5(8)14-6)9-15(2,11)12/h3,9H,1-2H3. The number of carbonyl (C=O) groups is 1. The van der Waals surface area contributed by atoms with Gasteiger partial charge in [0.15, 0.2) is 0 Å². The van der Waals surface area contributed by atoms with Crippen LogP contribution >= 0.6 is 22.9 Å². The summed E-state index contributed by atoms with van der Waals surface area (Å²) in [6, 6.07) is 1.36. The lowest BCUT2D eigenvalue weighted by atomic mass is 10.4. The summed E-state index contributed by atoms with van der Waals surface area (Å²) in [7, 11) is -2.23. The number of sulfonamides is 1. The summed E-state index contributed by atoms with van der Waals surface area (Å²) in [6.07, 6.45) is 0.986. The number of hydrogen-bond donors (Lipinski definition) is 1. The molecular weight excluding hydrogens is 262 g/mol. The minimum absolute atomic E-state index is 0.132. The molecule has 0 saturated heterocycles. The predicted octanol–water partition coefficient (Wildman–Crippen LogP) is 1.56. The zero-order valence-electron chi connectivity index (χ0n) is 7.90. The zero-order valence-corrected chi connectivity index (χ0v) is 10.3. The molecule has 5 nitrogen and oxygen atoms in total. The number of nitrogens with one attached hydrogen (secondary N) is 1. The third-order valence-electron chi connectivity index (χ3n) is 1.37. The molecule has 1 heterocycles. The number of thiophene rings is 1. The van der Waals surface area contributed by atoms with Crippen LogP contribution in [0.1, 0.15) is 9.67 Å². The van der Waals surface area contributed by atoms with Crippen LogP contribution in [-0.2, 0) is 14.8 Å². The second-order valence-electron chi connectivity index (χ2n) is 2.66. The van der Waals surface area contributed by atoms with Gasteiger partial charge in [0, 0.05) is 0 Å². The molecule has 1 aromatic heterocycles. The Kier molecular flexibility index (Phi) is 3.58.